The van der Waals surface area contributed by atoms with E-state index in [2.05, 4.69) is 15.9 Å². The first-order chi connectivity index (χ1) is 12.7. The molecule has 0 aliphatic carbocycles. The molecule has 0 amide bonds. The van der Waals surface area contributed by atoms with Crippen molar-refractivity contribution in [3.8, 4) is 0 Å². The summed E-state index contributed by atoms with van der Waals surface area (Å²) in [5, 5.41) is 9.21. The van der Waals surface area contributed by atoms with Gasteiger partial charge in [-0.15, -0.1) is 0 Å². The van der Waals surface area contributed by atoms with Crippen molar-refractivity contribution >= 4 is 21.7 Å². The van der Waals surface area contributed by atoms with Crippen LogP contribution in [-0.4, -0.2) is 34.8 Å². The van der Waals surface area contributed by atoms with E-state index in [1.165, 1.54) is 25.3 Å². The van der Waals surface area contributed by atoms with E-state index in [-0.39, 0.29) is 42.9 Å². The van der Waals surface area contributed by atoms with Crippen LogP contribution in [0.3, 0.4) is 0 Å². The Morgan fingerprint density at radius 2 is 2.07 bits per heavy atom. The predicted molar refractivity (Wildman–Crippen MR) is 100 cm³/mol. The fraction of sp³-hybridized carbons (Fsp3) is 0.368. The maximum absolute atomic E-state index is 14.7. The zero-order chi connectivity index (χ0) is 20.1. The van der Waals surface area contributed by atoms with Crippen LogP contribution in [0.25, 0.3) is 0 Å². The van der Waals surface area contributed by atoms with Gasteiger partial charge in [0.25, 0.3) is 5.56 Å². The molecule has 2 rings (SSSR count). The van der Waals surface area contributed by atoms with Crippen molar-refractivity contribution in [1.29, 1.82) is 0 Å². The molecular weight excluding hydrogens is 424 g/mol. The molecule has 0 fully saturated rings. The number of ether oxygens (including phenoxy) is 1. The molecule has 1 N–H and O–H groups in total. The summed E-state index contributed by atoms with van der Waals surface area (Å²) in [7, 11) is 0. The summed E-state index contributed by atoms with van der Waals surface area (Å²) in [5.41, 5.74) is -0.922. The third-order valence-corrected chi connectivity index (χ3v) is 4.43. The van der Waals surface area contributed by atoms with Crippen molar-refractivity contribution in [3.63, 3.8) is 0 Å². The van der Waals surface area contributed by atoms with Gasteiger partial charge in [-0.2, -0.15) is 0 Å². The van der Waals surface area contributed by atoms with Gasteiger partial charge in [0.05, 0.1) is 12.7 Å². The van der Waals surface area contributed by atoms with Crippen LogP contribution in [0.4, 0.5) is 8.78 Å². The fourth-order valence-corrected chi connectivity index (χ4v) is 2.90. The van der Waals surface area contributed by atoms with Gasteiger partial charge in [0.2, 0.25) is 0 Å². The molecule has 2 aromatic rings. The highest BCUT2D eigenvalue weighted by molar-refractivity contribution is 9.10. The lowest BCUT2D eigenvalue weighted by Gasteiger charge is -2.14. The van der Waals surface area contributed by atoms with E-state index in [0.717, 1.165) is 4.57 Å². The zero-order valence-corrected chi connectivity index (χ0v) is 16.6. The van der Waals surface area contributed by atoms with Gasteiger partial charge in [0.1, 0.15) is 12.4 Å². The molecule has 0 spiro atoms. The van der Waals surface area contributed by atoms with E-state index in [4.69, 9.17) is 4.74 Å². The number of aryl methyl sites for hydroxylation is 1. The second kappa shape index (κ2) is 9.34. The van der Waals surface area contributed by atoms with Gasteiger partial charge in [-0.3, -0.25) is 9.59 Å². The Kier molecular flexibility index (Phi) is 7.41. The van der Waals surface area contributed by atoms with Crippen LogP contribution in [0.1, 0.15) is 35.3 Å². The van der Waals surface area contributed by atoms with E-state index in [1.807, 2.05) is 0 Å². The summed E-state index contributed by atoms with van der Waals surface area (Å²) < 4.78 is 35.6. The van der Waals surface area contributed by atoms with Crippen LogP contribution in [0.2, 0.25) is 0 Å². The molecule has 1 atom stereocenters. The van der Waals surface area contributed by atoms with E-state index < -0.39 is 29.1 Å². The van der Waals surface area contributed by atoms with Gasteiger partial charge in [0, 0.05) is 34.8 Å². The maximum Gasteiger partial charge on any atom is 0.286 e. The van der Waals surface area contributed by atoms with Crippen molar-refractivity contribution < 1.29 is 23.4 Å². The van der Waals surface area contributed by atoms with Crippen LogP contribution in [-0.2, 0) is 17.7 Å². The second-order valence-corrected chi connectivity index (χ2v) is 7.04. The minimum absolute atomic E-state index is 0.0399. The normalized spacial score (nSPS) is 12.2. The molecule has 0 unspecified atom stereocenters. The van der Waals surface area contributed by atoms with Crippen LogP contribution in [0.5, 0.6) is 0 Å². The molecule has 146 valence electrons. The van der Waals surface area contributed by atoms with E-state index >= 15 is 0 Å². The number of hydrogen-bond donors (Lipinski definition) is 1. The number of pyridine rings is 1. The van der Waals surface area contributed by atoms with Crippen LogP contribution in [0, 0.1) is 11.6 Å². The quantitative estimate of drug-likeness (QED) is 0.636. The molecule has 0 aliphatic heterocycles. The van der Waals surface area contributed by atoms with Crippen molar-refractivity contribution in [2.45, 2.75) is 32.9 Å². The summed E-state index contributed by atoms with van der Waals surface area (Å²) in [5.74, 6) is -2.21. The minimum atomic E-state index is -1.08. The topological polar surface area (TPSA) is 68.5 Å². The van der Waals surface area contributed by atoms with E-state index in [1.54, 1.807) is 13.0 Å². The smallest absolute Gasteiger partial charge is 0.286 e. The molecule has 8 heteroatoms. The number of ketones is 1. The monoisotopic (exact) mass is 443 g/mol. The number of benzene rings is 1. The lowest BCUT2D eigenvalue weighted by Crippen LogP contribution is -2.28. The SMILES string of the molecule is CCn1cc(C(=O)COC[C@@H](C)O)c(Cc2ccc(Br)cc2F)c(F)c1=O. The average molecular weight is 444 g/mol. The number of hydrogen-bond acceptors (Lipinski definition) is 4. The number of nitrogens with zero attached hydrogens (tertiary/aromatic N) is 1. The first kappa shape index (κ1) is 21.4. The third kappa shape index (κ3) is 5.31. The number of Topliss-reactive ketones (excluding diaryl/α,β-unsaturated/α-hetero) is 1. The fourth-order valence-electron chi connectivity index (χ4n) is 2.57. The van der Waals surface area contributed by atoms with Crippen LogP contribution < -0.4 is 5.56 Å². The van der Waals surface area contributed by atoms with Crippen molar-refractivity contribution in [2.75, 3.05) is 13.2 Å². The standard InChI is InChI=1S/C19H20BrF2NO4/c1-3-23-8-15(17(25)10-27-9-11(2)24)14(18(22)19(23)26)6-12-4-5-13(20)7-16(12)21/h4-5,7-8,11,24H,3,6,9-10H2,1-2H3/t11-/m1/s1. The molecule has 0 saturated heterocycles. The van der Waals surface area contributed by atoms with Gasteiger partial charge in [-0.05, 0) is 31.5 Å². The lowest BCUT2D eigenvalue weighted by molar-refractivity contribution is 0.0423. The molecule has 27 heavy (non-hydrogen) atoms. The Morgan fingerprint density at radius 1 is 1.37 bits per heavy atom. The summed E-state index contributed by atoms with van der Waals surface area (Å²) >= 11 is 3.15. The molecule has 0 aliphatic rings. The van der Waals surface area contributed by atoms with Crippen molar-refractivity contribution in [2.24, 2.45) is 0 Å². The highest BCUT2D eigenvalue weighted by Gasteiger charge is 2.22. The van der Waals surface area contributed by atoms with E-state index in [9.17, 15) is 23.5 Å². The summed E-state index contributed by atoms with van der Waals surface area (Å²) in [4.78, 5) is 24.7. The molecule has 0 bridgehead atoms. The Morgan fingerprint density at radius 3 is 2.67 bits per heavy atom. The highest BCUT2D eigenvalue weighted by Crippen LogP contribution is 2.21. The van der Waals surface area contributed by atoms with Gasteiger partial charge in [-0.1, -0.05) is 22.0 Å². The summed E-state index contributed by atoms with van der Waals surface area (Å²) in [6, 6.07) is 4.28. The van der Waals surface area contributed by atoms with Gasteiger partial charge >= 0.3 is 0 Å². The molecular formula is C19H20BrF2NO4. The molecule has 1 heterocycles. The second-order valence-electron chi connectivity index (χ2n) is 6.13. The molecule has 1 aromatic heterocycles. The molecule has 0 radical (unpaired) electrons. The zero-order valence-electron chi connectivity index (χ0n) is 15.0. The Hall–Kier alpha value is -1.90. The predicted octanol–water partition coefficient (Wildman–Crippen LogP) is 3.08. The number of carbonyl (C=O) groups is 1. The number of rotatable bonds is 8. The molecule has 1 aromatic carbocycles. The third-order valence-electron chi connectivity index (χ3n) is 3.94. The Bertz CT molecular complexity index is 896. The Labute approximate surface area is 163 Å². The minimum Gasteiger partial charge on any atom is -0.391 e. The number of halogens is 3. The van der Waals surface area contributed by atoms with Crippen LogP contribution in [0.15, 0.2) is 33.7 Å². The van der Waals surface area contributed by atoms with Gasteiger partial charge in [-0.25, -0.2) is 8.78 Å². The Balaban J connectivity index is 2.45. The average Bonchev–Trinajstić information content (AvgIpc) is 2.60. The van der Waals surface area contributed by atoms with Crippen molar-refractivity contribution in [3.05, 3.63) is 67.5 Å². The molecule has 5 nitrogen and oxygen atoms in total. The molecule has 0 saturated carbocycles. The van der Waals surface area contributed by atoms with Gasteiger partial charge < -0.3 is 14.4 Å². The first-order valence-corrected chi connectivity index (χ1v) is 9.18. The largest absolute Gasteiger partial charge is 0.391 e. The van der Waals surface area contributed by atoms with Gasteiger partial charge in [0.15, 0.2) is 11.6 Å². The first-order valence-electron chi connectivity index (χ1n) is 8.39. The summed E-state index contributed by atoms with van der Waals surface area (Å²) in [6.45, 7) is 2.88. The lowest BCUT2D eigenvalue weighted by atomic mass is 9.98. The summed E-state index contributed by atoms with van der Waals surface area (Å²) in [6.07, 6.45) is 0.267. The number of aliphatic hydroxyl groups is 1. The van der Waals surface area contributed by atoms with Crippen LogP contribution >= 0.6 is 15.9 Å². The van der Waals surface area contributed by atoms with E-state index in [0.29, 0.717) is 4.47 Å². The number of carbonyl (C=O) groups excluding carboxylic acids is 1. The number of aromatic nitrogens is 1. The van der Waals surface area contributed by atoms with Crippen molar-refractivity contribution in [1.82, 2.24) is 4.57 Å². The maximum atomic E-state index is 14.7. The number of aliphatic hydroxyl groups excluding tert-OH is 1. The highest BCUT2D eigenvalue weighted by atomic mass is 79.9.